The maximum absolute atomic E-state index is 9.74. The van der Waals surface area contributed by atoms with Crippen molar-refractivity contribution in [3.63, 3.8) is 0 Å². The molecule has 7 atom stereocenters. The maximum atomic E-state index is 9.74. The molecule has 0 amide bonds. The topological polar surface area (TPSA) is 66.4 Å². The first kappa shape index (κ1) is 18.8. The zero-order valence-electron chi connectivity index (χ0n) is 15.5. The molecule has 6 unspecified atom stereocenters. The van der Waals surface area contributed by atoms with Crippen LogP contribution in [0.15, 0.2) is 12.2 Å². The lowest BCUT2D eigenvalue weighted by Crippen LogP contribution is -2.47. The van der Waals surface area contributed by atoms with Gasteiger partial charge in [-0.3, -0.25) is 0 Å². The van der Waals surface area contributed by atoms with Gasteiger partial charge >= 0.3 is 0 Å². The van der Waals surface area contributed by atoms with E-state index in [4.69, 9.17) is 23.7 Å². The van der Waals surface area contributed by atoms with Gasteiger partial charge in [0.1, 0.15) is 0 Å². The Labute approximate surface area is 155 Å². The molecule has 148 valence electrons. The van der Waals surface area contributed by atoms with E-state index in [9.17, 15) is 5.11 Å². The van der Waals surface area contributed by atoms with Gasteiger partial charge in [0, 0.05) is 37.6 Å². The van der Waals surface area contributed by atoms with Crippen LogP contribution in [0.2, 0.25) is 0 Å². The number of hydrogen-bond acceptors (Lipinski definition) is 6. The van der Waals surface area contributed by atoms with Gasteiger partial charge < -0.3 is 28.8 Å². The third kappa shape index (κ3) is 4.32. The number of ether oxygens (including phenoxy) is 5. The van der Waals surface area contributed by atoms with Crippen LogP contribution in [0.25, 0.3) is 0 Å². The van der Waals surface area contributed by atoms with Crippen LogP contribution in [0.1, 0.15) is 38.5 Å². The molecule has 3 aliphatic heterocycles. The summed E-state index contributed by atoms with van der Waals surface area (Å²) in [6.07, 6.45) is 10.3. The third-order valence-electron chi connectivity index (χ3n) is 6.12. The quantitative estimate of drug-likeness (QED) is 0.727. The number of aliphatic hydroxyl groups is 1. The summed E-state index contributed by atoms with van der Waals surface area (Å²) >= 11 is 0. The van der Waals surface area contributed by atoms with Crippen molar-refractivity contribution in [2.75, 3.05) is 33.0 Å². The van der Waals surface area contributed by atoms with Crippen molar-refractivity contribution in [2.24, 2.45) is 23.7 Å². The van der Waals surface area contributed by atoms with E-state index in [1.807, 2.05) is 0 Å². The highest BCUT2D eigenvalue weighted by Crippen LogP contribution is 2.44. The summed E-state index contributed by atoms with van der Waals surface area (Å²) in [4.78, 5) is 0. The average molecular weight is 368 g/mol. The van der Waals surface area contributed by atoms with E-state index in [0.717, 1.165) is 51.7 Å². The van der Waals surface area contributed by atoms with Gasteiger partial charge in [-0.05, 0) is 44.4 Å². The molecule has 6 heteroatoms. The van der Waals surface area contributed by atoms with Crippen molar-refractivity contribution < 1.29 is 28.8 Å². The Kier molecular flexibility index (Phi) is 6.62. The summed E-state index contributed by atoms with van der Waals surface area (Å²) in [5, 5.41) is 9.74. The highest BCUT2D eigenvalue weighted by atomic mass is 16.8. The highest BCUT2D eigenvalue weighted by molar-refractivity contribution is 5.11. The Morgan fingerprint density at radius 3 is 2.38 bits per heavy atom. The van der Waals surface area contributed by atoms with Gasteiger partial charge in [0.15, 0.2) is 18.9 Å². The van der Waals surface area contributed by atoms with Crippen LogP contribution in [-0.4, -0.2) is 57.0 Å². The maximum Gasteiger partial charge on any atom is 0.164 e. The van der Waals surface area contributed by atoms with E-state index >= 15 is 0 Å². The first-order valence-electron chi connectivity index (χ1n) is 10.3. The SMILES string of the molecule is OCC1COC(OC2CCCCO2)C2C1C=C[C@@H]2COC1CCCCO1. The van der Waals surface area contributed by atoms with Gasteiger partial charge in [-0.25, -0.2) is 0 Å². The normalized spacial score (nSPS) is 43.3. The lowest BCUT2D eigenvalue weighted by Gasteiger charge is -2.42. The second kappa shape index (κ2) is 9.13. The van der Waals surface area contributed by atoms with Gasteiger partial charge in [-0.2, -0.15) is 0 Å². The number of hydrogen-bond donors (Lipinski definition) is 1. The largest absolute Gasteiger partial charge is 0.396 e. The van der Waals surface area contributed by atoms with Gasteiger partial charge in [0.05, 0.1) is 13.2 Å². The van der Waals surface area contributed by atoms with Crippen molar-refractivity contribution >= 4 is 0 Å². The summed E-state index contributed by atoms with van der Waals surface area (Å²) in [7, 11) is 0. The summed E-state index contributed by atoms with van der Waals surface area (Å²) in [6.45, 7) is 2.82. The second-order valence-corrected chi connectivity index (χ2v) is 7.91. The monoisotopic (exact) mass is 368 g/mol. The minimum atomic E-state index is -0.304. The lowest BCUT2D eigenvalue weighted by atomic mass is 9.78. The Hall–Kier alpha value is -0.500. The fraction of sp³-hybridized carbons (Fsp3) is 0.900. The fourth-order valence-corrected chi connectivity index (χ4v) is 4.61. The molecular weight excluding hydrogens is 336 g/mol. The van der Waals surface area contributed by atoms with Gasteiger partial charge in [-0.1, -0.05) is 12.2 Å². The molecule has 1 N–H and O–H groups in total. The average Bonchev–Trinajstić information content (AvgIpc) is 3.13. The van der Waals surface area contributed by atoms with Gasteiger partial charge in [0.2, 0.25) is 0 Å². The number of aliphatic hydroxyl groups excluding tert-OH is 1. The third-order valence-corrected chi connectivity index (χ3v) is 6.12. The van der Waals surface area contributed by atoms with Crippen LogP contribution in [0.4, 0.5) is 0 Å². The molecule has 0 radical (unpaired) electrons. The summed E-state index contributed by atoms with van der Waals surface area (Å²) in [5.41, 5.74) is 0. The molecule has 3 heterocycles. The van der Waals surface area contributed by atoms with Crippen LogP contribution in [0.5, 0.6) is 0 Å². The van der Waals surface area contributed by atoms with Crippen LogP contribution in [0.3, 0.4) is 0 Å². The van der Waals surface area contributed by atoms with Crippen molar-refractivity contribution in [2.45, 2.75) is 57.4 Å². The van der Waals surface area contributed by atoms with E-state index < -0.39 is 0 Å². The Balaban J connectivity index is 1.38. The zero-order chi connectivity index (χ0) is 17.8. The summed E-state index contributed by atoms with van der Waals surface area (Å²) in [6, 6.07) is 0. The summed E-state index contributed by atoms with van der Waals surface area (Å²) in [5.74, 6) is 0.769. The van der Waals surface area contributed by atoms with E-state index in [1.165, 1.54) is 0 Å². The zero-order valence-corrected chi connectivity index (χ0v) is 15.5. The van der Waals surface area contributed by atoms with Crippen molar-refractivity contribution in [1.29, 1.82) is 0 Å². The molecule has 4 aliphatic rings. The second-order valence-electron chi connectivity index (χ2n) is 7.91. The molecule has 0 bridgehead atoms. The summed E-state index contributed by atoms with van der Waals surface area (Å²) < 4.78 is 29.7. The van der Waals surface area contributed by atoms with Crippen LogP contribution < -0.4 is 0 Å². The van der Waals surface area contributed by atoms with E-state index in [0.29, 0.717) is 13.2 Å². The first-order chi connectivity index (χ1) is 12.8. The van der Waals surface area contributed by atoms with E-state index in [2.05, 4.69) is 12.2 Å². The van der Waals surface area contributed by atoms with Crippen molar-refractivity contribution in [3.8, 4) is 0 Å². The fourth-order valence-electron chi connectivity index (χ4n) is 4.61. The smallest absolute Gasteiger partial charge is 0.164 e. The molecule has 4 rings (SSSR count). The molecule has 3 fully saturated rings. The van der Waals surface area contributed by atoms with Gasteiger partial charge in [-0.15, -0.1) is 0 Å². The van der Waals surface area contributed by atoms with Gasteiger partial charge in [0.25, 0.3) is 0 Å². The molecule has 0 spiro atoms. The Morgan fingerprint density at radius 1 is 0.923 bits per heavy atom. The standard InChI is InChI=1S/C20H32O6/c21-11-15-13-25-20(26-18-6-2-4-10-23-18)19-14(7-8-16(15)19)12-24-17-5-1-3-9-22-17/h7-8,14-21H,1-6,9-13H2/t14-,15?,16?,17?,18?,19?,20?/m1/s1. The minimum absolute atomic E-state index is 0.0876. The van der Waals surface area contributed by atoms with E-state index in [-0.39, 0.29) is 49.1 Å². The van der Waals surface area contributed by atoms with Crippen LogP contribution in [-0.2, 0) is 23.7 Å². The molecule has 26 heavy (non-hydrogen) atoms. The molecule has 0 aromatic rings. The lowest BCUT2D eigenvalue weighted by molar-refractivity contribution is -0.300. The molecule has 1 aliphatic carbocycles. The Bertz CT molecular complexity index is 457. The van der Waals surface area contributed by atoms with Crippen molar-refractivity contribution in [3.05, 3.63) is 12.2 Å². The van der Waals surface area contributed by atoms with Crippen LogP contribution in [0, 0.1) is 23.7 Å². The molecule has 3 saturated heterocycles. The first-order valence-corrected chi connectivity index (χ1v) is 10.3. The van der Waals surface area contributed by atoms with E-state index in [1.54, 1.807) is 0 Å². The molecule has 0 saturated carbocycles. The molecular formula is C20H32O6. The number of fused-ring (bicyclic) bond motifs is 1. The molecule has 0 aromatic heterocycles. The Morgan fingerprint density at radius 2 is 1.69 bits per heavy atom. The number of rotatable bonds is 6. The van der Waals surface area contributed by atoms with Crippen LogP contribution >= 0.6 is 0 Å². The molecule has 0 aromatic carbocycles. The minimum Gasteiger partial charge on any atom is -0.396 e. The highest BCUT2D eigenvalue weighted by Gasteiger charge is 2.47. The predicted octanol–water partition coefficient (Wildman–Crippen LogP) is 2.46. The predicted molar refractivity (Wildman–Crippen MR) is 94.1 cm³/mol. The molecule has 6 nitrogen and oxygen atoms in total. The van der Waals surface area contributed by atoms with Crippen molar-refractivity contribution in [1.82, 2.24) is 0 Å². The number of allylic oxidation sites excluding steroid dienone is 1.